The summed E-state index contributed by atoms with van der Waals surface area (Å²) in [6, 6.07) is 0.531. The minimum atomic E-state index is 0.103. The van der Waals surface area contributed by atoms with Crippen molar-refractivity contribution in [3.05, 3.63) is 0 Å². The highest BCUT2D eigenvalue weighted by atomic mass is 16.2. The van der Waals surface area contributed by atoms with Gasteiger partial charge >= 0.3 is 6.03 Å². The van der Waals surface area contributed by atoms with E-state index in [0.717, 1.165) is 38.9 Å². The first kappa shape index (κ1) is 12.3. The first-order chi connectivity index (χ1) is 7.29. The molecule has 1 saturated heterocycles. The van der Waals surface area contributed by atoms with Crippen LogP contribution in [0, 0.1) is 0 Å². The third-order valence-corrected chi connectivity index (χ3v) is 2.80. The number of hydrogen-bond acceptors (Lipinski definition) is 2. The maximum atomic E-state index is 11.8. The molecular weight excluding hydrogens is 190 g/mol. The van der Waals surface area contributed by atoms with Crippen molar-refractivity contribution in [1.82, 2.24) is 15.5 Å². The summed E-state index contributed by atoms with van der Waals surface area (Å²) in [6.07, 6.45) is 3.19. The zero-order valence-electron chi connectivity index (χ0n) is 9.88. The Bertz CT molecular complexity index is 190. The smallest absolute Gasteiger partial charge is 0.317 e. The number of urea groups is 1. The fourth-order valence-electron chi connectivity index (χ4n) is 2.06. The Balaban J connectivity index is 2.50. The van der Waals surface area contributed by atoms with Gasteiger partial charge in [0.15, 0.2) is 0 Å². The van der Waals surface area contributed by atoms with Gasteiger partial charge in [-0.05, 0) is 39.3 Å². The van der Waals surface area contributed by atoms with Crippen molar-refractivity contribution in [3.63, 3.8) is 0 Å². The molecule has 0 aromatic carbocycles. The average molecular weight is 213 g/mol. The summed E-state index contributed by atoms with van der Waals surface area (Å²) in [5.74, 6) is 0. The van der Waals surface area contributed by atoms with Gasteiger partial charge in [0.1, 0.15) is 0 Å². The van der Waals surface area contributed by atoms with Gasteiger partial charge in [0.25, 0.3) is 0 Å². The summed E-state index contributed by atoms with van der Waals surface area (Å²) in [7, 11) is 0. The predicted molar refractivity (Wildman–Crippen MR) is 62.0 cm³/mol. The van der Waals surface area contributed by atoms with E-state index >= 15 is 0 Å². The number of carbonyl (C=O) groups is 1. The van der Waals surface area contributed by atoms with Crippen LogP contribution in [-0.2, 0) is 0 Å². The number of hydrogen-bond donors (Lipinski definition) is 2. The lowest BCUT2D eigenvalue weighted by atomic mass is 10.1. The highest BCUT2D eigenvalue weighted by Crippen LogP contribution is 2.12. The largest absolute Gasteiger partial charge is 0.338 e. The van der Waals surface area contributed by atoms with Gasteiger partial charge in [-0.15, -0.1) is 0 Å². The molecule has 1 aliphatic heterocycles. The zero-order chi connectivity index (χ0) is 11.1. The van der Waals surface area contributed by atoms with E-state index in [1.54, 1.807) is 0 Å². The van der Waals surface area contributed by atoms with Gasteiger partial charge < -0.3 is 15.5 Å². The molecule has 0 unspecified atom stereocenters. The van der Waals surface area contributed by atoms with Crippen molar-refractivity contribution in [2.24, 2.45) is 0 Å². The predicted octanol–water partition coefficient (Wildman–Crippen LogP) is 1.18. The third kappa shape index (κ3) is 3.70. The monoisotopic (exact) mass is 213 g/mol. The molecule has 4 heteroatoms. The third-order valence-electron chi connectivity index (χ3n) is 2.80. The Morgan fingerprint density at radius 1 is 1.40 bits per heavy atom. The Labute approximate surface area is 92.4 Å². The van der Waals surface area contributed by atoms with Crippen LogP contribution in [0.5, 0.6) is 0 Å². The van der Waals surface area contributed by atoms with Crippen molar-refractivity contribution in [2.75, 3.05) is 26.2 Å². The van der Waals surface area contributed by atoms with Crippen LogP contribution >= 0.6 is 0 Å². The van der Waals surface area contributed by atoms with Crippen LogP contribution in [0.3, 0.4) is 0 Å². The minimum Gasteiger partial charge on any atom is -0.338 e. The van der Waals surface area contributed by atoms with E-state index in [2.05, 4.69) is 17.6 Å². The van der Waals surface area contributed by atoms with Crippen LogP contribution in [0.15, 0.2) is 0 Å². The quantitative estimate of drug-likeness (QED) is 0.736. The first-order valence-corrected chi connectivity index (χ1v) is 6.04. The van der Waals surface area contributed by atoms with Crippen molar-refractivity contribution in [3.8, 4) is 0 Å². The number of amides is 2. The molecule has 0 spiro atoms. The fraction of sp³-hybridized carbons (Fsp3) is 0.909. The van der Waals surface area contributed by atoms with Gasteiger partial charge in [-0.25, -0.2) is 4.79 Å². The lowest BCUT2D eigenvalue weighted by molar-refractivity contribution is 0.159. The summed E-state index contributed by atoms with van der Waals surface area (Å²) in [4.78, 5) is 13.8. The summed E-state index contributed by atoms with van der Waals surface area (Å²) in [6.45, 7) is 7.73. The molecule has 15 heavy (non-hydrogen) atoms. The van der Waals surface area contributed by atoms with Gasteiger partial charge in [-0.3, -0.25) is 0 Å². The molecule has 1 rings (SSSR count). The maximum absolute atomic E-state index is 11.8. The highest BCUT2D eigenvalue weighted by Gasteiger charge is 2.23. The van der Waals surface area contributed by atoms with E-state index in [4.69, 9.17) is 0 Å². The van der Waals surface area contributed by atoms with Crippen LogP contribution < -0.4 is 10.6 Å². The molecule has 0 aliphatic carbocycles. The molecule has 1 heterocycles. The summed E-state index contributed by atoms with van der Waals surface area (Å²) in [5, 5.41) is 6.22. The van der Waals surface area contributed by atoms with E-state index in [9.17, 15) is 4.79 Å². The van der Waals surface area contributed by atoms with E-state index in [1.807, 2.05) is 11.8 Å². The van der Waals surface area contributed by atoms with E-state index in [1.165, 1.54) is 0 Å². The molecule has 0 atom stereocenters. The van der Waals surface area contributed by atoms with Crippen molar-refractivity contribution >= 4 is 6.03 Å². The van der Waals surface area contributed by atoms with Crippen molar-refractivity contribution in [2.45, 2.75) is 39.2 Å². The average Bonchev–Trinajstić information content (AvgIpc) is 2.27. The maximum Gasteiger partial charge on any atom is 0.317 e. The molecule has 1 fully saturated rings. The number of nitrogens with zero attached hydrogens (tertiary/aromatic N) is 1. The molecule has 0 aromatic rings. The standard InChI is InChI=1S/C11H23N3O/c1-3-9-14(11(15)13-4-2)10-5-7-12-8-6-10/h10,12H,3-9H2,1-2H3,(H,13,15). The van der Waals surface area contributed by atoms with Crippen LogP contribution in [0.1, 0.15) is 33.1 Å². The van der Waals surface area contributed by atoms with Gasteiger partial charge in [0.05, 0.1) is 0 Å². The van der Waals surface area contributed by atoms with Gasteiger partial charge in [0, 0.05) is 19.1 Å². The van der Waals surface area contributed by atoms with Gasteiger partial charge in [-0.2, -0.15) is 0 Å². The molecular formula is C11H23N3O. The molecule has 2 amide bonds. The number of carbonyl (C=O) groups excluding carboxylic acids is 1. The van der Waals surface area contributed by atoms with Crippen LogP contribution in [-0.4, -0.2) is 43.2 Å². The molecule has 0 radical (unpaired) electrons. The first-order valence-electron chi connectivity index (χ1n) is 6.04. The van der Waals surface area contributed by atoms with Gasteiger partial charge in [-0.1, -0.05) is 6.92 Å². The topological polar surface area (TPSA) is 44.4 Å². The second-order valence-corrected chi connectivity index (χ2v) is 4.01. The number of nitrogens with one attached hydrogen (secondary N) is 2. The fourth-order valence-corrected chi connectivity index (χ4v) is 2.06. The summed E-state index contributed by atoms with van der Waals surface area (Å²) < 4.78 is 0. The van der Waals surface area contributed by atoms with E-state index < -0.39 is 0 Å². The summed E-state index contributed by atoms with van der Waals surface area (Å²) >= 11 is 0. The SMILES string of the molecule is CCCN(C(=O)NCC)C1CCNCC1. The molecule has 88 valence electrons. The zero-order valence-corrected chi connectivity index (χ0v) is 9.88. The van der Waals surface area contributed by atoms with E-state index in [0.29, 0.717) is 12.6 Å². The molecule has 0 saturated carbocycles. The van der Waals surface area contributed by atoms with Gasteiger partial charge in [0.2, 0.25) is 0 Å². The molecule has 2 N–H and O–H groups in total. The number of rotatable bonds is 4. The van der Waals surface area contributed by atoms with Crippen LogP contribution in [0.2, 0.25) is 0 Å². The Morgan fingerprint density at radius 2 is 2.07 bits per heavy atom. The van der Waals surface area contributed by atoms with Crippen LogP contribution in [0.25, 0.3) is 0 Å². The Hall–Kier alpha value is -0.770. The lowest BCUT2D eigenvalue weighted by Crippen LogP contribution is -2.50. The second kappa shape index (κ2) is 6.67. The van der Waals surface area contributed by atoms with Crippen LogP contribution in [0.4, 0.5) is 4.79 Å². The molecule has 1 aliphatic rings. The number of piperidine rings is 1. The lowest BCUT2D eigenvalue weighted by Gasteiger charge is -2.34. The van der Waals surface area contributed by atoms with Crippen molar-refractivity contribution in [1.29, 1.82) is 0 Å². The normalized spacial score (nSPS) is 17.5. The van der Waals surface area contributed by atoms with E-state index in [-0.39, 0.29) is 6.03 Å². The Kier molecular flexibility index (Phi) is 5.47. The molecule has 0 bridgehead atoms. The molecule has 4 nitrogen and oxygen atoms in total. The molecule has 0 aromatic heterocycles. The minimum absolute atomic E-state index is 0.103. The Morgan fingerprint density at radius 3 is 2.60 bits per heavy atom. The second-order valence-electron chi connectivity index (χ2n) is 4.01. The highest BCUT2D eigenvalue weighted by molar-refractivity contribution is 5.74. The van der Waals surface area contributed by atoms with Crippen molar-refractivity contribution < 1.29 is 4.79 Å². The summed E-state index contributed by atoms with van der Waals surface area (Å²) in [5.41, 5.74) is 0.